The molecule has 21 heavy (non-hydrogen) atoms. The first-order valence-corrected chi connectivity index (χ1v) is 7.83. The van der Waals surface area contributed by atoms with Gasteiger partial charge in [-0.3, -0.25) is 4.90 Å². The molecular formula is C17H26N2O2. The Morgan fingerprint density at radius 3 is 2.67 bits per heavy atom. The van der Waals surface area contributed by atoms with Crippen LogP contribution in [0.3, 0.4) is 0 Å². The second-order valence-electron chi connectivity index (χ2n) is 6.01. The van der Waals surface area contributed by atoms with Gasteiger partial charge < -0.3 is 10.1 Å². The van der Waals surface area contributed by atoms with Gasteiger partial charge in [-0.2, -0.15) is 0 Å². The summed E-state index contributed by atoms with van der Waals surface area (Å²) in [6, 6.07) is 10.1. The first-order valence-electron chi connectivity index (χ1n) is 7.83. The van der Waals surface area contributed by atoms with Crippen LogP contribution in [-0.2, 0) is 11.3 Å². The number of carbonyl (C=O) groups excluding carboxylic acids is 1. The predicted molar refractivity (Wildman–Crippen MR) is 84.1 cm³/mol. The van der Waals surface area contributed by atoms with Crippen LogP contribution in [0.1, 0.15) is 32.3 Å². The lowest BCUT2D eigenvalue weighted by atomic mass is 9.98. The number of piperidine rings is 1. The highest BCUT2D eigenvalue weighted by molar-refractivity contribution is 5.67. The molecule has 1 aliphatic rings. The Bertz CT molecular complexity index is 428. The molecule has 1 aromatic rings. The lowest BCUT2D eigenvalue weighted by Gasteiger charge is -2.34. The summed E-state index contributed by atoms with van der Waals surface area (Å²) >= 11 is 0. The molecule has 1 atom stereocenters. The maximum atomic E-state index is 11.7. The van der Waals surface area contributed by atoms with Gasteiger partial charge in [0.15, 0.2) is 0 Å². The van der Waals surface area contributed by atoms with Gasteiger partial charge in [0.2, 0.25) is 0 Å². The average Bonchev–Trinajstić information content (AvgIpc) is 2.52. The molecule has 1 aliphatic heterocycles. The van der Waals surface area contributed by atoms with E-state index in [1.807, 2.05) is 30.3 Å². The van der Waals surface area contributed by atoms with Crippen molar-refractivity contribution in [3.05, 3.63) is 35.9 Å². The molecular weight excluding hydrogens is 264 g/mol. The quantitative estimate of drug-likeness (QED) is 0.906. The second kappa shape index (κ2) is 8.03. The minimum Gasteiger partial charge on any atom is -0.445 e. The summed E-state index contributed by atoms with van der Waals surface area (Å²) in [7, 11) is 0. The van der Waals surface area contributed by atoms with Crippen LogP contribution >= 0.6 is 0 Å². The first-order chi connectivity index (χ1) is 10.1. The average molecular weight is 290 g/mol. The second-order valence-corrected chi connectivity index (χ2v) is 6.01. The summed E-state index contributed by atoms with van der Waals surface area (Å²) in [6.07, 6.45) is 2.17. The molecule has 0 spiro atoms. The lowest BCUT2D eigenvalue weighted by Crippen LogP contribution is -2.45. The minimum atomic E-state index is -0.337. The van der Waals surface area contributed by atoms with Gasteiger partial charge in [-0.15, -0.1) is 0 Å². The van der Waals surface area contributed by atoms with Crippen molar-refractivity contribution in [2.24, 2.45) is 5.92 Å². The summed E-state index contributed by atoms with van der Waals surface area (Å²) in [4.78, 5) is 14.1. The maximum absolute atomic E-state index is 11.7. The molecule has 116 valence electrons. The zero-order chi connectivity index (χ0) is 15.1. The summed E-state index contributed by atoms with van der Waals surface area (Å²) in [5.41, 5.74) is 1.01. The molecule has 4 nitrogen and oxygen atoms in total. The van der Waals surface area contributed by atoms with E-state index in [4.69, 9.17) is 4.74 Å². The van der Waals surface area contributed by atoms with E-state index in [1.54, 1.807) is 0 Å². The molecule has 1 heterocycles. The third-order valence-corrected chi connectivity index (χ3v) is 4.20. The highest BCUT2D eigenvalue weighted by Crippen LogP contribution is 2.17. The van der Waals surface area contributed by atoms with E-state index in [1.165, 1.54) is 12.8 Å². The molecule has 0 aliphatic carbocycles. The molecule has 0 radical (unpaired) electrons. The van der Waals surface area contributed by atoms with Crippen molar-refractivity contribution in [2.45, 2.75) is 39.3 Å². The van der Waals surface area contributed by atoms with Crippen molar-refractivity contribution in [1.82, 2.24) is 10.2 Å². The first kappa shape index (κ1) is 15.8. The molecule has 1 unspecified atom stereocenters. The Morgan fingerprint density at radius 1 is 1.33 bits per heavy atom. The van der Waals surface area contributed by atoms with E-state index < -0.39 is 0 Å². The number of ether oxygens (including phenoxy) is 1. The van der Waals surface area contributed by atoms with Crippen LogP contribution < -0.4 is 5.32 Å². The van der Waals surface area contributed by atoms with Crippen LogP contribution in [0.5, 0.6) is 0 Å². The Labute approximate surface area is 127 Å². The number of amides is 1. The fourth-order valence-electron chi connectivity index (χ4n) is 2.60. The SMILES string of the molecule is CC1CCN(C(C)CNC(=O)OCc2ccccc2)CC1. The van der Waals surface area contributed by atoms with Crippen molar-refractivity contribution < 1.29 is 9.53 Å². The number of nitrogens with zero attached hydrogens (tertiary/aromatic N) is 1. The number of nitrogens with one attached hydrogen (secondary N) is 1. The van der Waals surface area contributed by atoms with E-state index in [-0.39, 0.29) is 6.09 Å². The van der Waals surface area contributed by atoms with E-state index in [2.05, 4.69) is 24.1 Å². The number of rotatable bonds is 5. The van der Waals surface area contributed by atoms with Gasteiger partial charge in [0.05, 0.1) is 0 Å². The van der Waals surface area contributed by atoms with E-state index >= 15 is 0 Å². The van der Waals surface area contributed by atoms with Crippen molar-refractivity contribution in [2.75, 3.05) is 19.6 Å². The van der Waals surface area contributed by atoms with Gasteiger partial charge in [-0.05, 0) is 44.3 Å². The lowest BCUT2D eigenvalue weighted by molar-refractivity contribution is 0.123. The van der Waals surface area contributed by atoms with Crippen LogP contribution in [-0.4, -0.2) is 36.7 Å². The third-order valence-electron chi connectivity index (χ3n) is 4.20. The fourth-order valence-corrected chi connectivity index (χ4v) is 2.60. The standard InChI is InChI=1S/C17H26N2O2/c1-14-8-10-19(11-9-14)15(2)12-18-17(20)21-13-16-6-4-3-5-7-16/h3-7,14-15H,8-13H2,1-2H3,(H,18,20). The Balaban J connectivity index is 1.64. The molecule has 1 aromatic carbocycles. The van der Waals surface area contributed by atoms with Crippen LogP contribution in [0.25, 0.3) is 0 Å². The van der Waals surface area contributed by atoms with Crippen molar-refractivity contribution in [3.8, 4) is 0 Å². The normalized spacial score (nSPS) is 18.2. The van der Waals surface area contributed by atoms with Gasteiger partial charge >= 0.3 is 6.09 Å². The molecule has 0 saturated carbocycles. The zero-order valence-corrected chi connectivity index (χ0v) is 13.0. The predicted octanol–water partition coefficient (Wildman–Crippen LogP) is 3.03. The molecule has 2 rings (SSSR count). The van der Waals surface area contributed by atoms with Gasteiger partial charge in [-0.1, -0.05) is 37.3 Å². The van der Waals surface area contributed by atoms with Gasteiger partial charge in [0, 0.05) is 12.6 Å². The summed E-state index contributed by atoms with van der Waals surface area (Å²) < 4.78 is 5.21. The molecule has 1 amide bonds. The molecule has 0 bridgehead atoms. The van der Waals surface area contributed by atoms with Crippen LogP contribution in [0.15, 0.2) is 30.3 Å². The van der Waals surface area contributed by atoms with E-state index in [9.17, 15) is 4.79 Å². The van der Waals surface area contributed by atoms with Gasteiger partial charge in [0.25, 0.3) is 0 Å². The number of hydrogen-bond acceptors (Lipinski definition) is 3. The highest BCUT2D eigenvalue weighted by Gasteiger charge is 2.20. The number of benzene rings is 1. The number of likely N-dealkylation sites (tertiary alicyclic amines) is 1. The summed E-state index contributed by atoms with van der Waals surface area (Å²) in [5.74, 6) is 0.831. The van der Waals surface area contributed by atoms with Crippen LogP contribution in [0, 0.1) is 5.92 Å². The Kier molecular flexibility index (Phi) is 6.05. The molecule has 1 N–H and O–H groups in total. The van der Waals surface area contributed by atoms with E-state index in [0.29, 0.717) is 19.2 Å². The molecule has 1 fully saturated rings. The van der Waals surface area contributed by atoms with Crippen molar-refractivity contribution >= 4 is 6.09 Å². The monoisotopic (exact) mass is 290 g/mol. The molecule has 0 aromatic heterocycles. The number of alkyl carbamates (subject to hydrolysis) is 1. The number of hydrogen-bond donors (Lipinski definition) is 1. The minimum absolute atomic E-state index is 0.322. The third kappa shape index (κ3) is 5.38. The van der Waals surface area contributed by atoms with E-state index in [0.717, 1.165) is 24.6 Å². The molecule has 1 saturated heterocycles. The van der Waals surface area contributed by atoms with Crippen LogP contribution in [0.4, 0.5) is 4.79 Å². The fraction of sp³-hybridized carbons (Fsp3) is 0.588. The largest absolute Gasteiger partial charge is 0.445 e. The van der Waals surface area contributed by atoms with Gasteiger partial charge in [0.1, 0.15) is 6.61 Å². The summed E-state index contributed by atoms with van der Waals surface area (Å²) in [6.45, 7) is 7.69. The zero-order valence-electron chi connectivity index (χ0n) is 13.0. The summed E-state index contributed by atoms with van der Waals surface area (Å²) in [5, 5.41) is 2.86. The maximum Gasteiger partial charge on any atom is 0.407 e. The Hall–Kier alpha value is -1.55. The molecule has 4 heteroatoms. The number of carbonyl (C=O) groups is 1. The van der Waals surface area contributed by atoms with Crippen LogP contribution in [0.2, 0.25) is 0 Å². The topological polar surface area (TPSA) is 41.6 Å². The smallest absolute Gasteiger partial charge is 0.407 e. The Morgan fingerprint density at radius 2 is 2.00 bits per heavy atom. The van der Waals surface area contributed by atoms with Crippen molar-refractivity contribution in [3.63, 3.8) is 0 Å². The van der Waals surface area contributed by atoms with Gasteiger partial charge in [-0.25, -0.2) is 4.79 Å². The highest BCUT2D eigenvalue weighted by atomic mass is 16.5. The van der Waals surface area contributed by atoms with Crippen molar-refractivity contribution in [1.29, 1.82) is 0 Å².